The zero-order valence-corrected chi connectivity index (χ0v) is 12.6. The van der Waals surface area contributed by atoms with E-state index in [1.807, 2.05) is 24.3 Å². The Morgan fingerprint density at radius 3 is 2.83 bits per heavy atom. The first-order valence-corrected chi connectivity index (χ1v) is 7.29. The molecular weight excluding hydrogens is 296 g/mol. The van der Waals surface area contributed by atoms with Gasteiger partial charge in [0.15, 0.2) is 0 Å². The molecule has 0 unspecified atom stereocenters. The molecule has 1 aromatic carbocycles. The lowest BCUT2D eigenvalue weighted by Gasteiger charge is -2.12. The van der Waals surface area contributed by atoms with E-state index in [1.54, 1.807) is 6.92 Å². The molecule has 2 aromatic rings. The fraction of sp³-hybridized carbons (Fsp3) is 0.250. The van der Waals surface area contributed by atoms with E-state index in [9.17, 15) is 14.4 Å². The number of fused-ring (bicyclic) bond motifs is 1. The van der Waals surface area contributed by atoms with E-state index >= 15 is 0 Å². The molecule has 0 fully saturated rings. The van der Waals surface area contributed by atoms with Crippen LogP contribution in [0.5, 0.6) is 0 Å². The van der Waals surface area contributed by atoms with Crippen molar-refractivity contribution < 1.29 is 9.59 Å². The van der Waals surface area contributed by atoms with E-state index in [0.29, 0.717) is 24.2 Å². The Kier molecular flexibility index (Phi) is 3.92. The highest BCUT2D eigenvalue weighted by atomic mass is 16.2. The number of nitrogens with one attached hydrogen (secondary N) is 3. The van der Waals surface area contributed by atoms with Gasteiger partial charge in [-0.3, -0.25) is 14.4 Å². The van der Waals surface area contributed by atoms with Crippen LogP contribution in [0.2, 0.25) is 0 Å². The Morgan fingerprint density at radius 2 is 2.09 bits per heavy atom. The van der Waals surface area contributed by atoms with Crippen LogP contribution < -0.4 is 16.3 Å². The molecule has 0 saturated heterocycles. The molecule has 118 valence electrons. The number of hydrazone groups is 1. The number of pyridine rings is 1. The van der Waals surface area contributed by atoms with Gasteiger partial charge in [-0.2, -0.15) is 5.10 Å². The normalized spacial score (nSPS) is 14.3. The first-order chi connectivity index (χ1) is 11.0. The summed E-state index contributed by atoms with van der Waals surface area (Å²) < 4.78 is 0. The number of hydrogen-bond acceptors (Lipinski definition) is 4. The lowest BCUT2D eigenvalue weighted by atomic mass is 10.1. The molecule has 7 nitrogen and oxygen atoms in total. The minimum absolute atomic E-state index is 0.101. The third-order valence-corrected chi connectivity index (χ3v) is 3.71. The molecule has 1 aromatic heterocycles. The summed E-state index contributed by atoms with van der Waals surface area (Å²) in [6.07, 6.45) is 0.616. The van der Waals surface area contributed by atoms with Gasteiger partial charge in [-0.15, -0.1) is 0 Å². The van der Waals surface area contributed by atoms with Crippen molar-refractivity contribution in [3.63, 3.8) is 0 Å². The van der Waals surface area contributed by atoms with E-state index in [0.717, 1.165) is 16.5 Å². The smallest absolute Gasteiger partial charge is 0.267 e. The Morgan fingerprint density at radius 1 is 1.26 bits per heavy atom. The number of aromatic amines is 1. The number of aromatic nitrogens is 1. The van der Waals surface area contributed by atoms with E-state index in [1.165, 1.54) is 0 Å². The molecular formula is C16H16N4O3. The Hall–Kier alpha value is -2.96. The topological polar surface area (TPSA) is 103 Å². The molecule has 0 spiro atoms. The average molecular weight is 312 g/mol. The van der Waals surface area contributed by atoms with E-state index < -0.39 is 0 Å². The van der Waals surface area contributed by atoms with Crippen molar-refractivity contribution in [3.05, 3.63) is 45.7 Å². The van der Waals surface area contributed by atoms with Crippen molar-refractivity contribution in [2.45, 2.75) is 26.3 Å². The number of nitrogens with zero attached hydrogens (tertiary/aromatic N) is 1. The number of H-pyrrole nitrogens is 1. The van der Waals surface area contributed by atoms with Gasteiger partial charge in [0, 0.05) is 30.5 Å². The van der Waals surface area contributed by atoms with Gasteiger partial charge in [0.1, 0.15) is 5.71 Å². The Balaban J connectivity index is 1.72. The first kappa shape index (κ1) is 15.0. The molecule has 0 bridgehead atoms. The highest BCUT2D eigenvalue weighted by molar-refractivity contribution is 6.39. The van der Waals surface area contributed by atoms with Crippen LogP contribution in [0.15, 0.2) is 34.2 Å². The maximum atomic E-state index is 12.0. The molecule has 2 heterocycles. The van der Waals surface area contributed by atoms with E-state index in [-0.39, 0.29) is 23.8 Å². The number of rotatable bonds is 3. The largest absolute Gasteiger partial charge is 0.347 e. The molecule has 3 N–H and O–H groups in total. The summed E-state index contributed by atoms with van der Waals surface area (Å²) >= 11 is 0. The minimum atomic E-state index is -0.289. The van der Waals surface area contributed by atoms with Crippen LogP contribution in [0, 0.1) is 6.92 Å². The zero-order chi connectivity index (χ0) is 16.4. The van der Waals surface area contributed by atoms with Crippen molar-refractivity contribution in [3.8, 4) is 0 Å². The highest BCUT2D eigenvalue weighted by Crippen LogP contribution is 2.13. The third-order valence-electron chi connectivity index (χ3n) is 3.71. The molecule has 0 atom stereocenters. The number of carbonyl (C=O) groups is 2. The van der Waals surface area contributed by atoms with Gasteiger partial charge in [0.2, 0.25) is 5.91 Å². The summed E-state index contributed by atoms with van der Waals surface area (Å²) in [6, 6.07) is 7.40. The van der Waals surface area contributed by atoms with Crippen LogP contribution in [-0.4, -0.2) is 22.5 Å². The van der Waals surface area contributed by atoms with E-state index in [4.69, 9.17) is 0 Å². The van der Waals surface area contributed by atoms with Crippen LogP contribution in [0.3, 0.4) is 0 Å². The second-order valence-electron chi connectivity index (χ2n) is 5.48. The van der Waals surface area contributed by atoms with Crippen LogP contribution in [-0.2, 0) is 16.1 Å². The first-order valence-electron chi connectivity index (χ1n) is 7.29. The SMILES string of the molecule is Cc1cc2cc(CNC(=O)C3=NNC(=O)CC3)ccc2[nH]c1=O. The van der Waals surface area contributed by atoms with E-state index in [2.05, 4.69) is 20.8 Å². The van der Waals surface area contributed by atoms with Gasteiger partial charge in [-0.25, -0.2) is 5.43 Å². The number of amides is 2. The predicted octanol–water partition coefficient (Wildman–Crippen LogP) is 0.719. The molecule has 7 heteroatoms. The molecule has 0 saturated carbocycles. The van der Waals surface area contributed by atoms with Gasteiger partial charge in [-0.1, -0.05) is 6.07 Å². The van der Waals surface area contributed by atoms with Crippen LogP contribution >= 0.6 is 0 Å². The fourth-order valence-corrected chi connectivity index (χ4v) is 2.40. The summed E-state index contributed by atoms with van der Waals surface area (Å²) in [5, 5.41) is 7.45. The van der Waals surface area contributed by atoms with Crippen molar-refractivity contribution in [1.29, 1.82) is 0 Å². The molecule has 0 radical (unpaired) electrons. The summed E-state index contributed by atoms with van der Waals surface area (Å²) in [7, 11) is 0. The van der Waals surface area contributed by atoms with Crippen LogP contribution in [0.4, 0.5) is 0 Å². The van der Waals surface area contributed by atoms with Gasteiger partial charge < -0.3 is 10.3 Å². The summed E-state index contributed by atoms with van der Waals surface area (Å²) in [6.45, 7) is 2.10. The minimum Gasteiger partial charge on any atom is -0.347 e. The maximum absolute atomic E-state index is 12.0. The number of carbonyl (C=O) groups excluding carboxylic acids is 2. The zero-order valence-electron chi connectivity index (χ0n) is 12.6. The number of benzene rings is 1. The highest BCUT2D eigenvalue weighted by Gasteiger charge is 2.17. The van der Waals surface area contributed by atoms with Crippen molar-refractivity contribution >= 4 is 28.4 Å². The Bertz CT molecular complexity index is 883. The molecule has 23 heavy (non-hydrogen) atoms. The third kappa shape index (κ3) is 3.28. The van der Waals surface area contributed by atoms with Crippen LogP contribution in [0.25, 0.3) is 10.9 Å². The average Bonchev–Trinajstić information content (AvgIpc) is 2.54. The van der Waals surface area contributed by atoms with Gasteiger partial charge in [0.05, 0.1) is 0 Å². The lowest BCUT2D eigenvalue weighted by molar-refractivity contribution is -0.121. The second-order valence-corrected chi connectivity index (χ2v) is 5.48. The molecule has 0 aliphatic carbocycles. The molecule has 1 aliphatic rings. The fourth-order valence-electron chi connectivity index (χ4n) is 2.40. The van der Waals surface area contributed by atoms with Crippen molar-refractivity contribution in [2.75, 3.05) is 0 Å². The van der Waals surface area contributed by atoms with Gasteiger partial charge in [-0.05, 0) is 36.1 Å². The van der Waals surface area contributed by atoms with Gasteiger partial charge >= 0.3 is 0 Å². The number of aryl methyl sites for hydroxylation is 1. The van der Waals surface area contributed by atoms with Gasteiger partial charge in [0.25, 0.3) is 11.5 Å². The lowest BCUT2D eigenvalue weighted by Crippen LogP contribution is -2.36. The molecule has 2 amide bonds. The summed E-state index contributed by atoms with van der Waals surface area (Å²) in [5.41, 5.74) is 4.84. The number of hydrogen-bond donors (Lipinski definition) is 3. The summed E-state index contributed by atoms with van der Waals surface area (Å²) in [4.78, 5) is 37.4. The summed E-state index contributed by atoms with van der Waals surface area (Å²) in [5.74, 6) is -0.469. The van der Waals surface area contributed by atoms with Crippen LogP contribution in [0.1, 0.15) is 24.0 Å². The quantitative estimate of drug-likeness (QED) is 0.778. The monoisotopic (exact) mass is 312 g/mol. The maximum Gasteiger partial charge on any atom is 0.267 e. The van der Waals surface area contributed by atoms with Crippen molar-refractivity contribution in [1.82, 2.24) is 15.7 Å². The standard InChI is InChI=1S/C16H16N4O3/c1-9-6-11-7-10(2-3-12(11)18-15(9)22)8-17-16(23)13-4-5-14(21)20-19-13/h2-3,6-7H,4-5,8H2,1H3,(H,17,23)(H,18,22)(H,20,21). The molecule has 1 aliphatic heterocycles. The Labute approximate surface area is 131 Å². The molecule has 3 rings (SSSR count). The van der Waals surface area contributed by atoms with Crippen molar-refractivity contribution in [2.24, 2.45) is 5.10 Å². The second kappa shape index (κ2) is 6.04. The predicted molar refractivity (Wildman–Crippen MR) is 86.0 cm³/mol.